The van der Waals surface area contributed by atoms with E-state index in [0.29, 0.717) is 37.4 Å². The largest absolute Gasteiger partial charge is 0.461 e. The highest BCUT2D eigenvalue weighted by Gasteiger charge is 2.62. The molecule has 1 aromatic rings. The van der Waals surface area contributed by atoms with E-state index in [-0.39, 0.29) is 12.4 Å². The molecular formula is C16H24N4O8. The van der Waals surface area contributed by atoms with E-state index < -0.39 is 42.3 Å². The average Bonchev–Trinajstić information content (AvgIpc) is 2.94. The Kier molecular flexibility index (Phi) is 6.27. The maximum absolute atomic E-state index is 12.9. The van der Waals surface area contributed by atoms with Crippen molar-refractivity contribution in [1.82, 2.24) is 14.5 Å². The number of rotatable bonds is 6. The molecule has 12 heteroatoms. The van der Waals surface area contributed by atoms with Crippen LogP contribution in [0.2, 0.25) is 0 Å². The first-order valence-electron chi connectivity index (χ1n) is 8.88. The first-order valence-corrected chi connectivity index (χ1v) is 8.88. The van der Waals surface area contributed by atoms with Crippen molar-refractivity contribution in [1.29, 1.82) is 0 Å². The van der Waals surface area contributed by atoms with Gasteiger partial charge >= 0.3 is 11.7 Å². The summed E-state index contributed by atoms with van der Waals surface area (Å²) in [6.07, 6.45) is -3.68. The number of hydrogen-bond acceptors (Lipinski definition) is 11. The second kappa shape index (κ2) is 8.51. The van der Waals surface area contributed by atoms with Gasteiger partial charge in [-0.3, -0.25) is 9.47 Å². The SMILES string of the molecule is Nc1ccn([C@]2(C(=O)OCCN3CCOCC3)O[C@H](CO)[C@@H](O)[C@H]2O)c(=O)n1. The van der Waals surface area contributed by atoms with Crippen LogP contribution in [0.25, 0.3) is 0 Å². The summed E-state index contributed by atoms with van der Waals surface area (Å²) in [6.45, 7) is 2.24. The zero-order valence-corrected chi connectivity index (χ0v) is 15.1. The van der Waals surface area contributed by atoms with Crippen molar-refractivity contribution in [2.75, 3.05) is 51.8 Å². The second-order valence-electron chi connectivity index (χ2n) is 6.57. The number of morpholine rings is 1. The predicted octanol–water partition coefficient (Wildman–Crippen LogP) is -3.53. The number of aromatic nitrogens is 2. The zero-order valence-electron chi connectivity index (χ0n) is 15.1. The van der Waals surface area contributed by atoms with Gasteiger partial charge in [0, 0.05) is 25.8 Å². The van der Waals surface area contributed by atoms with Crippen LogP contribution in [-0.2, 0) is 24.7 Å². The van der Waals surface area contributed by atoms with Crippen LogP contribution in [0.1, 0.15) is 0 Å². The minimum Gasteiger partial charge on any atom is -0.461 e. The monoisotopic (exact) mass is 400 g/mol. The van der Waals surface area contributed by atoms with Crippen molar-refractivity contribution < 1.29 is 34.3 Å². The Morgan fingerprint density at radius 2 is 2.11 bits per heavy atom. The van der Waals surface area contributed by atoms with Gasteiger partial charge < -0.3 is 35.3 Å². The number of carbonyl (C=O) groups excluding carboxylic acids is 1. The summed E-state index contributed by atoms with van der Waals surface area (Å²) in [7, 11) is 0. The summed E-state index contributed by atoms with van der Waals surface area (Å²) in [5, 5.41) is 30.1. The molecule has 0 spiro atoms. The number of aliphatic hydroxyl groups excluding tert-OH is 3. The molecule has 0 aliphatic carbocycles. The topological polar surface area (TPSA) is 170 Å². The van der Waals surface area contributed by atoms with Crippen molar-refractivity contribution in [3.8, 4) is 0 Å². The van der Waals surface area contributed by atoms with E-state index >= 15 is 0 Å². The number of ether oxygens (including phenoxy) is 3. The Hall–Kier alpha value is -2.09. The minimum atomic E-state index is -2.39. The molecule has 5 N–H and O–H groups in total. The molecule has 2 aliphatic rings. The Morgan fingerprint density at radius 3 is 2.71 bits per heavy atom. The van der Waals surface area contributed by atoms with Crippen LogP contribution in [0, 0.1) is 0 Å². The third kappa shape index (κ3) is 3.74. The van der Waals surface area contributed by atoms with Crippen LogP contribution >= 0.6 is 0 Å². The second-order valence-corrected chi connectivity index (χ2v) is 6.57. The molecule has 0 aromatic carbocycles. The first-order chi connectivity index (χ1) is 13.4. The molecule has 156 valence electrons. The normalized spacial score (nSPS) is 31.0. The molecule has 0 saturated carbocycles. The quantitative estimate of drug-likeness (QED) is 0.349. The van der Waals surface area contributed by atoms with E-state index in [1.54, 1.807) is 0 Å². The van der Waals surface area contributed by atoms with Crippen LogP contribution < -0.4 is 11.4 Å². The highest BCUT2D eigenvalue weighted by molar-refractivity contribution is 5.78. The lowest BCUT2D eigenvalue weighted by molar-refractivity contribution is -0.202. The van der Waals surface area contributed by atoms with Gasteiger partial charge in [0.1, 0.15) is 30.7 Å². The number of anilines is 1. The molecule has 2 fully saturated rings. The van der Waals surface area contributed by atoms with Crippen LogP contribution in [0.3, 0.4) is 0 Å². The molecule has 2 saturated heterocycles. The highest BCUT2D eigenvalue weighted by atomic mass is 16.6. The van der Waals surface area contributed by atoms with E-state index in [2.05, 4.69) is 4.98 Å². The number of nitrogen functional groups attached to an aromatic ring is 1. The lowest BCUT2D eigenvalue weighted by Gasteiger charge is -2.32. The van der Waals surface area contributed by atoms with Crippen molar-refractivity contribution in [2.24, 2.45) is 0 Å². The van der Waals surface area contributed by atoms with E-state index in [1.165, 1.54) is 6.07 Å². The smallest absolute Gasteiger partial charge is 0.363 e. The summed E-state index contributed by atoms with van der Waals surface area (Å²) in [6, 6.07) is 1.24. The van der Waals surface area contributed by atoms with Gasteiger partial charge in [0.25, 0.3) is 5.72 Å². The van der Waals surface area contributed by atoms with Crippen LogP contribution in [0.5, 0.6) is 0 Å². The number of nitrogens with zero attached hydrogens (tertiary/aromatic N) is 3. The maximum atomic E-state index is 12.9. The van der Waals surface area contributed by atoms with E-state index in [9.17, 15) is 24.9 Å². The van der Waals surface area contributed by atoms with Crippen molar-refractivity contribution in [3.05, 3.63) is 22.7 Å². The Bertz CT molecular complexity index is 752. The molecule has 0 unspecified atom stereocenters. The van der Waals surface area contributed by atoms with Crippen LogP contribution in [0.4, 0.5) is 5.82 Å². The van der Waals surface area contributed by atoms with Crippen molar-refractivity contribution in [3.63, 3.8) is 0 Å². The Labute approximate surface area is 160 Å². The molecule has 4 atom stereocenters. The van der Waals surface area contributed by atoms with E-state index in [4.69, 9.17) is 19.9 Å². The van der Waals surface area contributed by atoms with E-state index in [0.717, 1.165) is 6.20 Å². The molecule has 0 amide bonds. The Morgan fingerprint density at radius 1 is 1.39 bits per heavy atom. The zero-order chi connectivity index (χ0) is 20.3. The lowest BCUT2D eigenvalue weighted by atomic mass is 10.0. The third-order valence-corrected chi connectivity index (χ3v) is 4.84. The highest BCUT2D eigenvalue weighted by Crippen LogP contribution is 2.36. The molecule has 12 nitrogen and oxygen atoms in total. The van der Waals surface area contributed by atoms with Gasteiger partial charge in [-0.15, -0.1) is 0 Å². The van der Waals surface area contributed by atoms with Gasteiger partial charge in [-0.1, -0.05) is 0 Å². The van der Waals surface area contributed by atoms with Gasteiger partial charge in [0.2, 0.25) is 0 Å². The number of esters is 1. The summed E-state index contributed by atoms with van der Waals surface area (Å²) >= 11 is 0. The number of carbonyl (C=O) groups is 1. The molecule has 2 aliphatic heterocycles. The molecule has 3 rings (SSSR count). The van der Waals surface area contributed by atoms with Crippen molar-refractivity contribution >= 4 is 11.8 Å². The molecule has 0 bridgehead atoms. The lowest BCUT2D eigenvalue weighted by Crippen LogP contribution is -2.56. The minimum absolute atomic E-state index is 0.0340. The fourth-order valence-electron chi connectivity index (χ4n) is 3.28. The van der Waals surface area contributed by atoms with Gasteiger partial charge in [-0.25, -0.2) is 9.59 Å². The van der Waals surface area contributed by atoms with E-state index in [1.807, 2.05) is 4.90 Å². The average molecular weight is 400 g/mol. The standard InChI is InChI=1S/C16H24N4O8/c17-11-1-2-20(15(25)18-11)16(13(23)12(22)10(9-21)28-16)14(24)27-8-5-19-3-6-26-7-4-19/h1-2,10,12-13,21-23H,3-9H2,(H2,17,18,25)/t10-,12-,13-,16+/m1/s1. The molecule has 3 heterocycles. The summed E-state index contributed by atoms with van der Waals surface area (Å²) in [5.74, 6) is -1.18. The molecule has 0 radical (unpaired) electrons. The number of aliphatic hydroxyl groups is 3. The van der Waals surface area contributed by atoms with Crippen molar-refractivity contribution in [2.45, 2.75) is 24.0 Å². The first kappa shape index (κ1) is 20.6. The fraction of sp³-hybridized carbons (Fsp3) is 0.688. The summed E-state index contributed by atoms with van der Waals surface area (Å²) in [4.78, 5) is 30.8. The molecular weight excluding hydrogens is 376 g/mol. The molecule has 28 heavy (non-hydrogen) atoms. The molecule has 1 aromatic heterocycles. The number of nitrogens with two attached hydrogens (primary N) is 1. The number of hydrogen-bond donors (Lipinski definition) is 4. The fourth-order valence-corrected chi connectivity index (χ4v) is 3.28. The summed E-state index contributed by atoms with van der Waals surface area (Å²) in [5.41, 5.74) is 2.10. The Balaban J connectivity index is 1.84. The van der Waals surface area contributed by atoms with Gasteiger partial charge in [0.05, 0.1) is 19.8 Å². The van der Waals surface area contributed by atoms with Gasteiger partial charge in [-0.2, -0.15) is 4.98 Å². The summed E-state index contributed by atoms with van der Waals surface area (Å²) < 4.78 is 16.7. The van der Waals surface area contributed by atoms with Gasteiger partial charge in [0.15, 0.2) is 0 Å². The third-order valence-electron chi connectivity index (χ3n) is 4.84. The van der Waals surface area contributed by atoms with Crippen LogP contribution in [-0.4, -0.2) is 100 Å². The van der Waals surface area contributed by atoms with Gasteiger partial charge in [-0.05, 0) is 6.07 Å². The predicted molar refractivity (Wildman–Crippen MR) is 93.1 cm³/mol. The maximum Gasteiger partial charge on any atom is 0.363 e. The van der Waals surface area contributed by atoms with Crippen LogP contribution in [0.15, 0.2) is 17.1 Å².